The summed E-state index contributed by atoms with van der Waals surface area (Å²) >= 11 is 0. The largest absolute Gasteiger partial charge is 0.376 e. The van der Waals surface area contributed by atoms with Gasteiger partial charge in [-0.1, -0.05) is 13.8 Å². The summed E-state index contributed by atoms with van der Waals surface area (Å²) in [4.78, 5) is 16.2. The van der Waals surface area contributed by atoms with Crippen molar-refractivity contribution in [2.75, 3.05) is 6.61 Å². The Kier molecular flexibility index (Phi) is 3.02. The van der Waals surface area contributed by atoms with Crippen LogP contribution in [0.5, 0.6) is 0 Å². The van der Waals surface area contributed by atoms with Crippen molar-refractivity contribution in [1.82, 2.24) is 20.5 Å². The lowest BCUT2D eigenvalue weighted by molar-refractivity contribution is -0.0162. The van der Waals surface area contributed by atoms with E-state index < -0.39 is 0 Å². The van der Waals surface area contributed by atoms with Crippen LogP contribution in [-0.2, 0) is 4.74 Å². The molecule has 1 aromatic heterocycles. The zero-order valence-electron chi connectivity index (χ0n) is 11.1. The van der Waals surface area contributed by atoms with Gasteiger partial charge in [-0.25, -0.2) is 4.98 Å². The molecule has 2 aliphatic rings. The molecule has 4 unspecified atom stereocenters. The number of H-pyrrole nitrogens is 1. The Bertz CT molecular complexity index is 486. The van der Waals surface area contributed by atoms with Crippen molar-refractivity contribution in [3.05, 3.63) is 11.6 Å². The van der Waals surface area contributed by atoms with Gasteiger partial charge in [0, 0.05) is 24.5 Å². The fraction of sp³-hybridized carbons (Fsp3) is 0.750. The molecule has 4 atom stereocenters. The highest BCUT2D eigenvalue weighted by Crippen LogP contribution is 2.37. The number of nitrogens with two attached hydrogens (primary N) is 1. The predicted octanol–water partition coefficient (Wildman–Crippen LogP) is -0.227. The van der Waals surface area contributed by atoms with E-state index in [9.17, 15) is 4.79 Å². The molecular formula is C12H19N5O2. The van der Waals surface area contributed by atoms with E-state index in [0.717, 1.165) is 13.0 Å². The molecule has 0 bridgehead atoms. The first-order valence-electron chi connectivity index (χ1n) is 6.68. The van der Waals surface area contributed by atoms with Crippen LogP contribution in [0, 0.1) is 5.92 Å². The lowest BCUT2D eigenvalue weighted by Crippen LogP contribution is -2.69. The number of aromatic amines is 1. The van der Waals surface area contributed by atoms with Crippen molar-refractivity contribution in [3.63, 3.8) is 0 Å². The van der Waals surface area contributed by atoms with Crippen molar-refractivity contribution in [1.29, 1.82) is 0 Å². The number of hydrogen-bond donors (Lipinski definition) is 3. The van der Waals surface area contributed by atoms with Gasteiger partial charge in [0.2, 0.25) is 5.82 Å². The minimum absolute atomic E-state index is 0.0278. The van der Waals surface area contributed by atoms with Gasteiger partial charge in [0.15, 0.2) is 0 Å². The second-order valence-corrected chi connectivity index (χ2v) is 5.56. The van der Waals surface area contributed by atoms with Crippen LogP contribution in [0.15, 0.2) is 0 Å². The highest BCUT2D eigenvalue weighted by Gasteiger charge is 2.52. The Hall–Kier alpha value is -1.47. The molecule has 104 valence electrons. The van der Waals surface area contributed by atoms with Crippen LogP contribution in [0.3, 0.4) is 0 Å². The molecule has 3 rings (SSSR count). The fourth-order valence-corrected chi connectivity index (χ4v) is 2.78. The number of nitrogens with zero attached hydrogens (tertiary/aromatic N) is 2. The summed E-state index contributed by atoms with van der Waals surface area (Å²) in [5.41, 5.74) is 6.04. The first kappa shape index (κ1) is 12.6. The SMILES string of the molecule is CC(C)c1nc(C(=O)NC2C(N)C3CCOC32)n[nH]1. The Balaban J connectivity index is 1.65. The average molecular weight is 265 g/mol. The normalized spacial score (nSPS) is 33.1. The molecule has 1 aliphatic carbocycles. The summed E-state index contributed by atoms with van der Waals surface area (Å²) in [5.74, 6) is 1.17. The summed E-state index contributed by atoms with van der Waals surface area (Å²) in [6, 6.07) is -0.152. The fourth-order valence-electron chi connectivity index (χ4n) is 2.78. The number of fused-ring (bicyclic) bond motifs is 1. The summed E-state index contributed by atoms with van der Waals surface area (Å²) in [5, 5.41) is 9.57. The molecular weight excluding hydrogens is 246 g/mol. The third-order valence-corrected chi connectivity index (χ3v) is 4.00. The predicted molar refractivity (Wildman–Crippen MR) is 67.5 cm³/mol. The molecule has 1 amide bonds. The standard InChI is InChI=1S/C12H19N5O2/c1-5(2)10-15-11(17-16-10)12(18)14-8-7(13)6-3-4-19-9(6)8/h5-9H,3-4,13H2,1-2H3,(H,14,18)(H,15,16,17). The Morgan fingerprint density at radius 1 is 1.58 bits per heavy atom. The van der Waals surface area contributed by atoms with E-state index in [1.54, 1.807) is 0 Å². The number of carbonyl (C=O) groups excluding carboxylic acids is 1. The van der Waals surface area contributed by atoms with E-state index in [1.165, 1.54) is 0 Å². The molecule has 19 heavy (non-hydrogen) atoms. The molecule has 1 aromatic rings. The Morgan fingerprint density at radius 3 is 3.05 bits per heavy atom. The van der Waals surface area contributed by atoms with E-state index in [1.807, 2.05) is 13.8 Å². The molecule has 4 N–H and O–H groups in total. The van der Waals surface area contributed by atoms with Gasteiger partial charge in [-0.15, -0.1) is 5.10 Å². The van der Waals surface area contributed by atoms with Crippen molar-refractivity contribution < 1.29 is 9.53 Å². The van der Waals surface area contributed by atoms with Crippen LogP contribution in [-0.4, -0.2) is 45.9 Å². The van der Waals surface area contributed by atoms with E-state index in [-0.39, 0.29) is 35.8 Å². The van der Waals surface area contributed by atoms with Gasteiger partial charge in [-0.2, -0.15) is 0 Å². The van der Waals surface area contributed by atoms with Gasteiger partial charge in [0.25, 0.3) is 5.91 Å². The molecule has 7 nitrogen and oxygen atoms in total. The van der Waals surface area contributed by atoms with Crippen LogP contribution in [0.4, 0.5) is 0 Å². The van der Waals surface area contributed by atoms with Gasteiger partial charge in [-0.05, 0) is 6.42 Å². The van der Waals surface area contributed by atoms with E-state index in [2.05, 4.69) is 20.5 Å². The molecule has 0 spiro atoms. The third kappa shape index (κ3) is 2.02. The van der Waals surface area contributed by atoms with Crippen molar-refractivity contribution in [3.8, 4) is 0 Å². The van der Waals surface area contributed by atoms with Gasteiger partial charge in [0.1, 0.15) is 5.82 Å². The molecule has 1 saturated heterocycles. The highest BCUT2D eigenvalue weighted by atomic mass is 16.5. The molecule has 7 heteroatoms. The number of amides is 1. The zero-order chi connectivity index (χ0) is 13.6. The monoisotopic (exact) mass is 265 g/mol. The van der Waals surface area contributed by atoms with Gasteiger partial charge >= 0.3 is 0 Å². The van der Waals surface area contributed by atoms with Gasteiger partial charge in [-0.3, -0.25) is 9.89 Å². The maximum absolute atomic E-state index is 12.1. The smallest absolute Gasteiger partial charge is 0.291 e. The second-order valence-electron chi connectivity index (χ2n) is 5.56. The number of carbonyl (C=O) groups is 1. The van der Waals surface area contributed by atoms with Crippen LogP contribution >= 0.6 is 0 Å². The zero-order valence-corrected chi connectivity index (χ0v) is 11.1. The molecule has 0 radical (unpaired) electrons. The summed E-state index contributed by atoms with van der Waals surface area (Å²) in [7, 11) is 0. The average Bonchev–Trinajstić information content (AvgIpc) is 3.02. The van der Waals surface area contributed by atoms with Crippen molar-refractivity contribution >= 4 is 5.91 Å². The van der Waals surface area contributed by atoms with Crippen molar-refractivity contribution in [2.45, 2.75) is 44.4 Å². The topological polar surface area (TPSA) is 106 Å². The lowest BCUT2D eigenvalue weighted by Gasteiger charge is -2.45. The highest BCUT2D eigenvalue weighted by molar-refractivity contribution is 5.90. The number of rotatable bonds is 3. The number of aromatic nitrogens is 3. The van der Waals surface area contributed by atoms with Gasteiger partial charge < -0.3 is 15.8 Å². The van der Waals surface area contributed by atoms with Crippen LogP contribution < -0.4 is 11.1 Å². The Labute approximate surface area is 111 Å². The maximum Gasteiger partial charge on any atom is 0.291 e. The summed E-state index contributed by atoms with van der Waals surface area (Å²) in [6.45, 7) is 4.70. The number of nitrogens with one attached hydrogen (secondary N) is 2. The van der Waals surface area contributed by atoms with Crippen LogP contribution in [0.25, 0.3) is 0 Å². The first-order valence-corrected chi connectivity index (χ1v) is 6.68. The minimum atomic E-state index is -0.294. The summed E-state index contributed by atoms with van der Waals surface area (Å²) in [6.07, 6.45) is 1.04. The number of ether oxygens (including phenoxy) is 1. The first-order chi connectivity index (χ1) is 9.08. The molecule has 2 heterocycles. The maximum atomic E-state index is 12.1. The minimum Gasteiger partial charge on any atom is -0.376 e. The van der Waals surface area contributed by atoms with Crippen LogP contribution in [0.1, 0.15) is 42.6 Å². The van der Waals surface area contributed by atoms with Crippen molar-refractivity contribution in [2.24, 2.45) is 11.7 Å². The molecule has 0 aromatic carbocycles. The van der Waals surface area contributed by atoms with Crippen LogP contribution in [0.2, 0.25) is 0 Å². The number of hydrogen-bond acceptors (Lipinski definition) is 5. The molecule has 1 aliphatic heterocycles. The van der Waals surface area contributed by atoms with Gasteiger partial charge in [0.05, 0.1) is 12.1 Å². The van der Waals surface area contributed by atoms with E-state index in [0.29, 0.717) is 11.7 Å². The van der Waals surface area contributed by atoms with E-state index >= 15 is 0 Å². The third-order valence-electron chi connectivity index (χ3n) is 4.00. The lowest BCUT2D eigenvalue weighted by atomic mass is 9.72. The Morgan fingerprint density at radius 2 is 2.37 bits per heavy atom. The molecule has 2 fully saturated rings. The molecule has 1 saturated carbocycles. The summed E-state index contributed by atoms with van der Waals surface area (Å²) < 4.78 is 5.57. The quantitative estimate of drug-likeness (QED) is 0.700. The second kappa shape index (κ2) is 4.57. The van der Waals surface area contributed by atoms with E-state index in [4.69, 9.17) is 10.5 Å².